The highest BCUT2D eigenvalue weighted by Crippen LogP contribution is 2.24. The fraction of sp³-hybridized carbons (Fsp3) is 0.429. The average molecular weight is 402 g/mol. The molecule has 0 unspecified atom stereocenters. The molecule has 150 valence electrons. The number of hydrogen-bond acceptors (Lipinski definition) is 5. The monoisotopic (exact) mass is 401 g/mol. The molecule has 7 heteroatoms. The third-order valence-corrected chi connectivity index (χ3v) is 5.65. The summed E-state index contributed by atoms with van der Waals surface area (Å²) in [4.78, 5) is 20.2. The van der Waals surface area contributed by atoms with Gasteiger partial charge in [0.1, 0.15) is 0 Å². The predicted octanol–water partition coefficient (Wildman–Crippen LogP) is 3.29. The molecule has 3 rings (SSSR count). The molecular formula is C21H27N3O3S. The van der Waals surface area contributed by atoms with Gasteiger partial charge >= 0.3 is 0 Å². The fourth-order valence-electron chi connectivity index (χ4n) is 3.04. The van der Waals surface area contributed by atoms with Gasteiger partial charge in [-0.25, -0.2) is 4.98 Å². The van der Waals surface area contributed by atoms with E-state index in [4.69, 9.17) is 14.5 Å². The molecule has 0 aliphatic rings. The molecule has 0 aliphatic heterocycles. The maximum atomic E-state index is 12.8. The van der Waals surface area contributed by atoms with Crippen LogP contribution in [0.15, 0.2) is 35.8 Å². The number of thiazole rings is 1. The largest absolute Gasteiger partial charge is 0.383 e. The molecule has 2 aromatic heterocycles. The highest BCUT2D eigenvalue weighted by atomic mass is 32.1. The van der Waals surface area contributed by atoms with Crippen LogP contribution in [0.4, 0.5) is 0 Å². The van der Waals surface area contributed by atoms with Crippen LogP contribution in [0.5, 0.6) is 0 Å². The summed E-state index contributed by atoms with van der Waals surface area (Å²) in [6, 6.07) is 8.48. The quantitative estimate of drug-likeness (QED) is 0.523. The van der Waals surface area contributed by atoms with Crippen molar-refractivity contribution in [3.05, 3.63) is 47.1 Å². The number of benzene rings is 1. The Morgan fingerprint density at radius 3 is 2.43 bits per heavy atom. The summed E-state index contributed by atoms with van der Waals surface area (Å²) in [6.45, 7) is 4.29. The highest BCUT2D eigenvalue weighted by molar-refractivity contribution is 7.15. The number of nitrogens with zero attached hydrogens (tertiary/aromatic N) is 3. The number of aromatic nitrogens is 2. The molecule has 1 aromatic carbocycles. The van der Waals surface area contributed by atoms with E-state index in [1.165, 1.54) is 5.56 Å². The summed E-state index contributed by atoms with van der Waals surface area (Å²) in [5, 5.41) is 2.01. The van der Waals surface area contributed by atoms with Gasteiger partial charge in [-0.15, -0.1) is 11.3 Å². The van der Waals surface area contributed by atoms with Gasteiger partial charge in [-0.05, 0) is 12.0 Å². The van der Waals surface area contributed by atoms with Gasteiger partial charge in [-0.2, -0.15) is 0 Å². The molecule has 0 spiro atoms. The van der Waals surface area contributed by atoms with Crippen molar-refractivity contribution in [2.24, 2.45) is 0 Å². The number of fused-ring (bicyclic) bond motifs is 1. The zero-order chi connectivity index (χ0) is 19.9. The van der Waals surface area contributed by atoms with Crippen molar-refractivity contribution in [3.8, 4) is 11.3 Å². The SMILES string of the molecule is CCc1ccc(-c2cn3c(CC(=O)N(CCOC)CCOC)csc3n2)cc1. The minimum atomic E-state index is 0.0661. The minimum Gasteiger partial charge on any atom is -0.383 e. The molecule has 0 fully saturated rings. The Bertz CT molecular complexity index is 893. The van der Waals surface area contributed by atoms with E-state index in [2.05, 4.69) is 31.2 Å². The first-order chi connectivity index (χ1) is 13.7. The van der Waals surface area contributed by atoms with Gasteiger partial charge in [-0.1, -0.05) is 31.2 Å². The minimum absolute atomic E-state index is 0.0661. The lowest BCUT2D eigenvalue weighted by molar-refractivity contribution is -0.131. The zero-order valence-corrected chi connectivity index (χ0v) is 17.5. The first-order valence-electron chi connectivity index (χ1n) is 9.46. The second kappa shape index (κ2) is 9.82. The second-order valence-electron chi connectivity index (χ2n) is 6.60. The lowest BCUT2D eigenvalue weighted by Crippen LogP contribution is -2.37. The van der Waals surface area contributed by atoms with E-state index >= 15 is 0 Å². The van der Waals surface area contributed by atoms with Crippen molar-refractivity contribution < 1.29 is 14.3 Å². The third kappa shape index (κ3) is 4.79. The Hall–Kier alpha value is -2.22. The summed E-state index contributed by atoms with van der Waals surface area (Å²) < 4.78 is 12.3. The smallest absolute Gasteiger partial charge is 0.228 e. The molecule has 2 heterocycles. The van der Waals surface area contributed by atoms with Crippen molar-refractivity contribution in [1.29, 1.82) is 0 Å². The van der Waals surface area contributed by atoms with Gasteiger partial charge in [0.05, 0.1) is 25.3 Å². The van der Waals surface area contributed by atoms with Crippen LogP contribution in [0, 0.1) is 0 Å². The molecule has 3 aromatic rings. The molecule has 0 atom stereocenters. The molecule has 6 nitrogen and oxygen atoms in total. The number of ether oxygens (including phenoxy) is 2. The Labute approximate surface area is 169 Å². The van der Waals surface area contributed by atoms with Crippen molar-refractivity contribution in [1.82, 2.24) is 14.3 Å². The summed E-state index contributed by atoms with van der Waals surface area (Å²) in [7, 11) is 3.28. The Morgan fingerprint density at radius 2 is 1.82 bits per heavy atom. The van der Waals surface area contributed by atoms with Crippen LogP contribution in [0.1, 0.15) is 18.2 Å². The summed E-state index contributed by atoms with van der Waals surface area (Å²) in [5.41, 5.74) is 4.28. The first-order valence-corrected chi connectivity index (χ1v) is 10.3. The van der Waals surface area contributed by atoms with E-state index in [-0.39, 0.29) is 5.91 Å². The summed E-state index contributed by atoms with van der Waals surface area (Å²) in [6.07, 6.45) is 3.37. The fourth-order valence-corrected chi connectivity index (χ4v) is 3.91. The van der Waals surface area contributed by atoms with Gasteiger partial charge in [0, 0.05) is 50.1 Å². The van der Waals surface area contributed by atoms with Crippen LogP contribution in [0.2, 0.25) is 0 Å². The number of carbonyl (C=O) groups excluding carboxylic acids is 1. The van der Waals surface area contributed by atoms with E-state index < -0.39 is 0 Å². The Balaban J connectivity index is 1.77. The maximum absolute atomic E-state index is 12.8. The molecule has 0 saturated heterocycles. The van der Waals surface area contributed by atoms with Crippen molar-refractivity contribution in [3.63, 3.8) is 0 Å². The van der Waals surface area contributed by atoms with Gasteiger partial charge in [0.25, 0.3) is 0 Å². The van der Waals surface area contributed by atoms with Crippen molar-refractivity contribution in [2.45, 2.75) is 19.8 Å². The molecule has 28 heavy (non-hydrogen) atoms. The molecule has 0 bridgehead atoms. The lowest BCUT2D eigenvalue weighted by atomic mass is 10.1. The topological polar surface area (TPSA) is 56.1 Å². The number of hydrogen-bond donors (Lipinski definition) is 0. The van der Waals surface area contributed by atoms with Gasteiger partial charge in [0.15, 0.2) is 4.96 Å². The number of carbonyl (C=O) groups is 1. The van der Waals surface area contributed by atoms with E-state index in [1.54, 1.807) is 30.5 Å². The van der Waals surface area contributed by atoms with E-state index in [0.717, 1.165) is 28.3 Å². The van der Waals surface area contributed by atoms with Gasteiger partial charge < -0.3 is 14.4 Å². The standard InChI is InChI=1S/C21H27N3O3S/c1-4-16-5-7-17(8-6-16)19-14-24-18(15-28-21(24)22-19)13-20(25)23(9-11-26-2)10-12-27-3/h5-8,14-15H,4,9-13H2,1-3H3. The van der Waals surface area contributed by atoms with E-state index in [1.807, 2.05) is 16.0 Å². The predicted molar refractivity (Wildman–Crippen MR) is 112 cm³/mol. The first kappa shape index (κ1) is 20.5. The molecule has 0 radical (unpaired) electrons. The number of rotatable bonds is 10. The second-order valence-corrected chi connectivity index (χ2v) is 7.44. The van der Waals surface area contributed by atoms with Crippen LogP contribution in [0.3, 0.4) is 0 Å². The van der Waals surface area contributed by atoms with Gasteiger partial charge in [0.2, 0.25) is 5.91 Å². The van der Waals surface area contributed by atoms with Crippen LogP contribution in [-0.2, 0) is 27.1 Å². The van der Waals surface area contributed by atoms with E-state index in [9.17, 15) is 4.79 Å². The molecule has 1 amide bonds. The average Bonchev–Trinajstić information content (AvgIpc) is 3.30. The Morgan fingerprint density at radius 1 is 1.14 bits per heavy atom. The van der Waals surface area contributed by atoms with Crippen LogP contribution < -0.4 is 0 Å². The van der Waals surface area contributed by atoms with Crippen LogP contribution in [-0.4, -0.2) is 60.7 Å². The lowest BCUT2D eigenvalue weighted by Gasteiger charge is -2.21. The summed E-state index contributed by atoms with van der Waals surface area (Å²) >= 11 is 1.56. The molecule has 0 saturated carbocycles. The molecule has 0 aliphatic carbocycles. The number of aryl methyl sites for hydroxylation is 1. The third-order valence-electron chi connectivity index (χ3n) is 4.76. The Kier molecular flexibility index (Phi) is 7.19. The van der Waals surface area contributed by atoms with Gasteiger partial charge in [-0.3, -0.25) is 9.20 Å². The van der Waals surface area contributed by atoms with Crippen molar-refractivity contribution in [2.75, 3.05) is 40.5 Å². The number of methoxy groups -OCH3 is 2. The number of amides is 1. The van der Waals surface area contributed by atoms with E-state index in [0.29, 0.717) is 32.7 Å². The van der Waals surface area contributed by atoms with Crippen LogP contribution >= 0.6 is 11.3 Å². The van der Waals surface area contributed by atoms with Crippen molar-refractivity contribution >= 4 is 22.2 Å². The number of imidazole rings is 1. The molecular weight excluding hydrogens is 374 g/mol. The highest BCUT2D eigenvalue weighted by Gasteiger charge is 2.17. The normalized spacial score (nSPS) is 11.2. The zero-order valence-electron chi connectivity index (χ0n) is 16.7. The maximum Gasteiger partial charge on any atom is 0.228 e. The van der Waals surface area contributed by atoms with Crippen LogP contribution in [0.25, 0.3) is 16.2 Å². The molecule has 0 N–H and O–H groups in total. The summed E-state index contributed by atoms with van der Waals surface area (Å²) in [5.74, 6) is 0.0661.